The fraction of sp³-hybridized carbons (Fsp3) is 0. The van der Waals surface area contributed by atoms with E-state index >= 15 is 0 Å². The van der Waals surface area contributed by atoms with Crippen LogP contribution in [0.3, 0.4) is 0 Å². The number of fused-ring (bicyclic) bond motifs is 2. The van der Waals surface area contributed by atoms with Crippen molar-refractivity contribution in [2.45, 2.75) is 0 Å². The molecule has 2 heterocycles. The van der Waals surface area contributed by atoms with Gasteiger partial charge in [0.25, 0.3) is 0 Å². The van der Waals surface area contributed by atoms with E-state index in [4.69, 9.17) is 19.7 Å². The molecule has 7 aromatic rings. The lowest BCUT2D eigenvalue weighted by molar-refractivity contribution is 0.487. The molecule has 1 aliphatic heterocycles. The Balaban J connectivity index is 1.31. The molecule has 1 aromatic heterocycles. The number of ether oxygens (including phenoxy) is 1. The number of nitrogens with zero attached hydrogens (tertiary/aromatic N) is 3. The van der Waals surface area contributed by atoms with Crippen LogP contribution in [0.25, 0.3) is 67.2 Å². The number of aromatic nitrogens is 3. The lowest BCUT2D eigenvalue weighted by atomic mass is 9.90. The SMILES string of the molecule is c1ccc(-c2nc(-c3ccccc3)nc(-c3ccc4c(c3)-c3cccc5c(-c6ccccc6)ccc(c35)O4)n2)cc1. The molecule has 0 aliphatic carbocycles. The molecular weight excluding hydrogens is 502 g/mol. The highest BCUT2D eigenvalue weighted by Crippen LogP contribution is 2.49. The molecule has 0 saturated heterocycles. The summed E-state index contributed by atoms with van der Waals surface area (Å²) >= 11 is 0. The summed E-state index contributed by atoms with van der Waals surface area (Å²) in [5.41, 5.74) is 7.33. The Kier molecular flexibility index (Phi) is 5.42. The monoisotopic (exact) mass is 525 g/mol. The normalized spacial score (nSPS) is 11.6. The molecular formula is C37H23N3O. The van der Waals surface area contributed by atoms with Crippen molar-refractivity contribution in [2.24, 2.45) is 0 Å². The van der Waals surface area contributed by atoms with Crippen LogP contribution >= 0.6 is 0 Å². The molecule has 192 valence electrons. The molecule has 0 amide bonds. The van der Waals surface area contributed by atoms with Crippen molar-refractivity contribution < 1.29 is 4.74 Å². The maximum atomic E-state index is 6.46. The van der Waals surface area contributed by atoms with Gasteiger partial charge in [-0.1, -0.05) is 115 Å². The topological polar surface area (TPSA) is 47.9 Å². The smallest absolute Gasteiger partial charge is 0.164 e. The summed E-state index contributed by atoms with van der Waals surface area (Å²) < 4.78 is 6.46. The molecule has 0 fully saturated rings. The summed E-state index contributed by atoms with van der Waals surface area (Å²) in [6, 6.07) is 47.5. The second-order valence-electron chi connectivity index (χ2n) is 10.1. The minimum absolute atomic E-state index is 0.622. The van der Waals surface area contributed by atoms with Crippen LogP contribution in [0.5, 0.6) is 11.5 Å². The van der Waals surface area contributed by atoms with Gasteiger partial charge in [-0.3, -0.25) is 0 Å². The van der Waals surface area contributed by atoms with Crippen molar-refractivity contribution >= 4 is 10.8 Å². The highest BCUT2D eigenvalue weighted by Gasteiger charge is 2.23. The van der Waals surface area contributed by atoms with E-state index in [1.807, 2.05) is 78.9 Å². The zero-order valence-corrected chi connectivity index (χ0v) is 22.0. The van der Waals surface area contributed by atoms with Gasteiger partial charge in [0.2, 0.25) is 0 Å². The zero-order valence-electron chi connectivity index (χ0n) is 22.0. The number of rotatable bonds is 4. The van der Waals surface area contributed by atoms with E-state index in [0.29, 0.717) is 17.5 Å². The van der Waals surface area contributed by atoms with Gasteiger partial charge < -0.3 is 4.74 Å². The Bertz CT molecular complexity index is 2000. The molecule has 6 aromatic carbocycles. The van der Waals surface area contributed by atoms with Gasteiger partial charge in [0, 0.05) is 27.6 Å². The highest BCUT2D eigenvalue weighted by molar-refractivity contribution is 6.10. The van der Waals surface area contributed by atoms with Crippen molar-refractivity contribution in [3.05, 3.63) is 140 Å². The van der Waals surface area contributed by atoms with E-state index in [1.165, 1.54) is 16.5 Å². The van der Waals surface area contributed by atoms with E-state index < -0.39 is 0 Å². The molecule has 0 atom stereocenters. The van der Waals surface area contributed by atoms with Crippen molar-refractivity contribution in [3.63, 3.8) is 0 Å². The minimum Gasteiger partial charge on any atom is -0.456 e. The molecule has 0 unspecified atom stereocenters. The second kappa shape index (κ2) is 9.54. The van der Waals surface area contributed by atoms with Gasteiger partial charge in [0.15, 0.2) is 17.5 Å². The quantitative estimate of drug-likeness (QED) is 0.230. The van der Waals surface area contributed by atoms with Gasteiger partial charge in [-0.25, -0.2) is 15.0 Å². The first kappa shape index (κ1) is 23.3. The summed E-state index contributed by atoms with van der Waals surface area (Å²) in [5, 5.41) is 2.28. The van der Waals surface area contributed by atoms with Crippen molar-refractivity contribution in [3.8, 4) is 67.9 Å². The van der Waals surface area contributed by atoms with Crippen LogP contribution in [-0.4, -0.2) is 15.0 Å². The molecule has 4 heteroatoms. The summed E-state index contributed by atoms with van der Waals surface area (Å²) in [6.07, 6.45) is 0. The van der Waals surface area contributed by atoms with Gasteiger partial charge in [-0.05, 0) is 46.3 Å². The van der Waals surface area contributed by atoms with E-state index in [-0.39, 0.29) is 0 Å². The lowest BCUT2D eigenvalue weighted by Crippen LogP contribution is -2.01. The third-order valence-electron chi connectivity index (χ3n) is 7.53. The van der Waals surface area contributed by atoms with Crippen molar-refractivity contribution in [2.75, 3.05) is 0 Å². The van der Waals surface area contributed by atoms with Crippen LogP contribution in [0, 0.1) is 0 Å². The first-order valence-corrected chi connectivity index (χ1v) is 13.6. The van der Waals surface area contributed by atoms with E-state index in [0.717, 1.165) is 44.7 Å². The fourth-order valence-corrected chi connectivity index (χ4v) is 5.58. The Morgan fingerprint density at radius 1 is 0.366 bits per heavy atom. The van der Waals surface area contributed by atoms with Gasteiger partial charge in [-0.15, -0.1) is 0 Å². The summed E-state index contributed by atoms with van der Waals surface area (Å²) in [7, 11) is 0. The van der Waals surface area contributed by atoms with E-state index in [1.54, 1.807) is 0 Å². The van der Waals surface area contributed by atoms with Crippen LogP contribution in [0.4, 0.5) is 0 Å². The van der Waals surface area contributed by atoms with Crippen molar-refractivity contribution in [1.29, 1.82) is 0 Å². The highest BCUT2D eigenvalue weighted by atomic mass is 16.5. The van der Waals surface area contributed by atoms with Crippen molar-refractivity contribution in [1.82, 2.24) is 15.0 Å². The Morgan fingerprint density at radius 2 is 0.927 bits per heavy atom. The van der Waals surface area contributed by atoms with E-state index in [9.17, 15) is 0 Å². The van der Waals surface area contributed by atoms with Gasteiger partial charge in [-0.2, -0.15) is 0 Å². The average molecular weight is 526 g/mol. The molecule has 4 nitrogen and oxygen atoms in total. The number of hydrogen-bond donors (Lipinski definition) is 0. The molecule has 0 bridgehead atoms. The van der Waals surface area contributed by atoms with Crippen LogP contribution in [0.15, 0.2) is 140 Å². The van der Waals surface area contributed by atoms with Crippen LogP contribution in [0.2, 0.25) is 0 Å². The van der Waals surface area contributed by atoms with Crippen LogP contribution in [-0.2, 0) is 0 Å². The number of hydrogen-bond acceptors (Lipinski definition) is 4. The van der Waals surface area contributed by atoms with Gasteiger partial charge in [0.1, 0.15) is 11.5 Å². The Hall–Kier alpha value is -5.61. The number of benzene rings is 6. The largest absolute Gasteiger partial charge is 0.456 e. The summed E-state index contributed by atoms with van der Waals surface area (Å²) in [5.74, 6) is 3.60. The Morgan fingerprint density at radius 3 is 1.56 bits per heavy atom. The predicted octanol–water partition coefficient (Wildman–Crippen LogP) is 9.47. The summed E-state index contributed by atoms with van der Waals surface area (Å²) in [6.45, 7) is 0. The Labute approximate surface area is 237 Å². The van der Waals surface area contributed by atoms with Crippen LogP contribution < -0.4 is 4.74 Å². The van der Waals surface area contributed by atoms with Crippen LogP contribution in [0.1, 0.15) is 0 Å². The predicted molar refractivity (Wildman–Crippen MR) is 165 cm³/mol. The molecule has 0 saturated carbocycles. The average Bonchev–Trinajstić information content (AvgIpc) is 3.06. The fourth-order valence-electron chi connectivity index (χ4n) is 5.58. The third-order valence-corrected chi connectivity index (χ3v) is 7.53. The maximum absolute atomic E-state index is 6.46. The molecule has 1 aliphatic rings. The third kappa shape index (κ3) is 4.05. The molecule has 0 radical (unpaired) electrons. The standard InChI is InChI=1S/C37H23N3O/c1-4-11-24(12-5-1)28-20-22-33-34-29(28)17-10-18-30(34)31-23-27(19-21-32(31)41-33)37-39-35(25-13-6-2-7-14-25)38-36(40-37)26-15-8-3-9-16-26/h1-23H. The minimum atomic E-state index is 0.622. The molecule has 0 N–H and O–H groups in total. The zero-order chi connectivity index (χ0) is 27.2. The molecule has 0 spiro atoms. The maximum Gasteiger partial charge on any atom is 0.164 e. The summed E-state index contributed by atoms with van der Waals surface area (Å²) in [4.78, 5) is 14.7. The second-order valence-corrected chi connectivity index (χ2v) is 10.1. The first-order chi connectivity index (χ1) is 20.3. The lowest BCUT2D eigenvalue weighted by Gasteiger charge is -2.23. The van der Waals surface area contributed by atoms with E-state index in [2.05, 4.69) is 60.7 Å². The van der Waals surface area contributed by atoms with Gasteiger partial charge >= 0.3 is 0 Å². The molecule has 41 heavy (non-hydrogen) atoms. The molecule has 8 rings (SSSR count). The van der Waals surface area contributed by atoms with Gasteiger partial charge in [0.05, 0.1) is 0 Å². The first-order valence-electron chi connectivity index (χ1n) is 13.6.